The first kappa shape index (κ1) is 16.5. The highest BCUT2D eigenvalue weighted by molar-refractivity contribution is 9.10. The monoisotopic (exact) mass is 365 g/mol. The molecular weight excluding hydrogens is 346 g/mol. The largest absolute Gasteiger partial charge is 0.306 e. The van der Waals surface area contributed by atoms with Crippen molar-refractivity contribution in [2.75, 3.05) is 0 Å². The predicted octanol–water partition coefficient (Wildman–Crippen LogP) is 6.08. The molecule has 1 N–H and O–H groups in total. The maximum absolute atomic E-state index is 6.05. The molecule has 0 spiro atoms. The van der Waals surface area contributed by atoms with E-state index in [2.05, 4.69) is 66.3 Å². The van der Waals surface area contributed by atoms with Crippen molar-refractivity contribution in [3.8, 4) is 0 Å². The highest BCUT2D eigenvalue weighted by atomic mass is 79.9. The Kier molecular flexibility index (Phi) is 5.86. The van der Waals surface area contributed by atoms with Crippen molar-refractivity contribution in [2.45, 2.75) is 39.3 Å². The Morgan fingerprint density at radius 3 is 2.24 bits per heavy atom. The fourth-order valence-corrected chi connectivity index (χ4v) is 2.81. The fraction of sp³-hybridized carbons (Fsp3) is 0.333. The van der Waals surface area contributed by atoms with Crippen molar-refractivity contribution in [1.82, 2.24) is 5.32 Å². The Morgan fingerprint density at radius 2 is 1.62 bits per heavy atom. The molecule has 0 aliphatic carbocycles. The lowest BCUT2D eigenvalue weighted by Gasteiger charge is -2.16. The minimum Gasteiger partial charge on any atom is -0.306 e. The van der Waals surface area contributed by atoms with Crippen LogP contribution in [0.3, 0.4) is 0 Å². The van der Waals surface area contributed by atoms with Crippen molar-refractivity contribution in [3.63, 3.8) is 0 Å². The number of hydrogen-bond donors (Lipinski definition) is 1. The summed E-state index contributed by atoms with van der Waals surface area (Å²) in [5.74, 6) is 0.574. The van der Waals surface area contributed by atoms with E-state index in [1.165, 1.54) is 16.7 Å². The molecule has 2 rings (SSSR count). The van der Waals surface area contributed by atoms with Gasteiger partial charge in [-0.1, -0.05) is 65.6 Å². The third-order valence-corrected chi connectivity index (χ3v) is 4.72. The van der Waals surface area contributed by atoms with Gasteiger partial charge in [-0.2, -0.15) is 0 Å². The van der Waals surface area contributed by atoms with Gasteiger partial charge < -0.3 is 5.32 Å². The molecule has 0 saturated heterocycles. The predicted molar refractivity (Wildman–Crippen MR) is 94.9 cm³/mol. The quantitative estimate of drug-likeness (QED) is 0.676. The minimum absolute atomic E-state index is 0.303. The Morgan fingerprint density at radius 1 is 1.00 bits per heavy atom. The standard InChI is InChI=1S/C18H21BrClN/c1-12(2)14-4-6-15(7-5-14)13(3)21-11-16-10-17(20)8-9-18(16)19/h4-10,12-13,21H,11H2,1-3H3. The highest BCUT2D eigenvalue weighted by Crippen LogP contribution is 2.23. The van der Waals surface area contributed by atoms with Crippen LogP contribution in [0.1, 0.15) is 49.4 Å². The van der Waals surface area contributed by atoms with Crippen LogP contribution >= 0.6 is 27.5 Å². The van der Waals surface area contributed by atoms with Crippen LogP contribution in [0.4, 0.5) is 0 Å². The molecule has 0 amide bonds. The van der Waals surface area contributed by atoms with Crippen LogP contribution in [-0.4, -0.2) is 0 Å². The normalized spacial score (nSPS) is 12.7. The summed E-state index contributed by atoms with van der Waals surface area (Å²) in [6.07, 6.45) is 0. The van der Waals surface area contributed by atoms with E-state index < -0.39 is 0 Å². The first-order valence-corrected chi connectivity index (χ1v) is 8.41. The molecule has 0 fully saturated rings. The smallest absolute Gasteiger partial charge is 0.0410 e. The van der Waals surface area contributed by atoms with Gasteiger partial charge in [0.1, 0.15) is 0 Å². The van der Waals surface area contributed by atoms with Crippen molar-refractivity contribution in [2.24, 2.45) is 0 Å². The second kappa shape index (κ2) is 7.44. The van der Waals surface area contributed by atoms with Crippen molar-refractivity contribution < 1.29 is 0 Å². The molecule has 1 atom stereocenters. The van der Waals surface area contributed by atoms with E-state index >= 15 is 0 Å². The molecule has 2 aromatic rings. The summed E-state index contributed by atoms with van der Waals surface area (Å²) >= 11 is 9.61. The number of hydrogen-bond acceptors (Lipinski definition) is 1. The molecule has 2 aromatic carbocycles. The van der Waals surface area contributed by atoms with Gasteiger partial charge in [-0.05, 0) is 47.7 Å². The molecule has 0 aromatic heterocycles. The van der Waals surface area contributed by atoms with Crippen molar-refractivity contribution in [1.29, 1.82) is 0 Å². The first-order chi connectivity index (χ1) is 9.97. The van der Waals surface area contributed by atoms with Gasteiger partial charge in [-0.15, -0.1) is 0 Å². The lowest BCUT2D eigenvalue weighted by atomic mass is 9.99. The molecule has 0 radical (unpaired) electrons. The molecule has 0 aliphatic heterocycles. The Labute approximate surface area is 140 Å². The van der Waals surface area contributed by atoms with Gasteiger partial charge in [0.25, 0.3) is 0 Å². The van der Waals surface area contributed by atoms with E-state index in [-0.39, 0.29) is 0 Å². The minimum atomic E-state index is 0.303. The summed E-state index contributed by atoms with van der Waals surface area (Å²) < 4.78 is 1.08. The highest BCUT2D eigenvalue weighted by Gasteiger charge is 2.07. The lowest BCUT2D eigenvalue weighted by Crippen LogP contribution is -2.18. The molecular formula is C18H21BrClN. The van der Waals surface area contributed by atoms with Crippen molar-refractivity contribution in [3.05, 3.63) is 68.7 Å². The van der Waals surface area contributed by atoms with Gasteiger partial charge in [-0.25, -0.2) is 0 Å². The van der Waals surface area contributed by atoms with Crippen LogP contribution in [0.25, 0.3) is 0 Å². The average molecular weight is 367 g/mol. The molecule has 0 heterocycles. The van der Waals surface area contributed by atoms with Crippen LogP contribution in [0.2, 0.25) is 5.02 Å². The summed E-state index contributed by atoms with van der Waals surface area (Å²) in [7, 11) is 0. The zero-order valence-electron chi connectivity index (χ0n) is 12.7. The van der Waals surface area contributed by atoms with Gasteiger partial charge in [-0.3, -0.25) is 0 Å². The second-order valence-electron chi connectivity index (χ2n) is 5.66. The molecule has 1 nitrogen and oxygen atoms in total. The molecule has 3 heteroatoms. The third kappa shape index (κ3) is 4.57. The van der Waals surface area contributed by atoms with E-state index in [9.17, 15) is 0 Å². The third-order valence-electron chi connectivity index (χ3n) is 3.71. The molecule has 0 bridgehead atoms. The van der Waals surface area contributed by atoms with E-state index in [1.807, 2.05) is 18.2 Å². The first-order valence-electron chi connectivity index (χ1n) is 7.24. The van der Waals surface area contributed by atoms with Crippen LogP contribution in [0, 0.1) is 0 Å². The van der Waals surface area contributed by atoms with E-state index in [0.29, 0.717) is 12.0 Å². The number of nitrogens with one attached hydrogen (secondary N) is 1. The molecule has 0 saturated carbocycles. The van der Waals surface area contributed by atoms with Crippen molar-refractivity contribution >= 4 is 27.5 Å². The molecule has 1 unspecified atom stereocenters. The summed E-state index contributed by atoms with van der Waals surface area (Å²) in [5, 5.41) is 4.31. The number of rotatable bonds is 5. The summed E-state index contributed by atoms with van der Waals surface area (Å²) in [4.78, 5) is 0. The molecule has 0 aliphatic rings. The fourth-order valence-electron chi connectivity index (χ4n) is 2.23. The zero-order valence-corrected chi connectivity index (χ0v) is 15.0. The maximum Gasteiger partial charge on any atom is 0.0410 e. The Hall–Kier alpha value is -0.830. The van der Waals surface area contributed by atoms with Crippen LogP contribution in [-0.2, 0) is 6.54 Å². The Balaban J connectivity index is 2.01. The molecule has 21 heavy (non-hydrogen) atoms. The average Bonchev–Trinajstić information content (AvgIpc) is 2.48. The van der Waals surface area contributed by atoms with E-state index in [4.69, 9.17) is 11.6 Å². The second-order valence-corrected chi connectivity index (χ2v) is 6.95. The van der Waals surface area contributed by atoms with Gasteiger partial charge in [0.05, 0.1) is 0 Å². The van der Waals surface area contributed by atoms with Crippen LogP contribution < -0.4 is 5.32 Å². The van der Waals surface area contributed by atoms with Crippen LogP contribution in [0.15, 0.2) is 46.9 Å². The Bertz CT molecular complexity index is 593. The van der Waals surface area contributed by atoms with Gasteiger partial charge in [0.15, 0.2) is 0 Å². The SMILES string of the molecule is CC(C)c1ccc(C(C)NCc2cc(Cl)ccc2Br)cc1. The summed E-state index contributed by atoms with van der Waals surface area (Å²) in [5.41, 5.74) is 3.86. The zero-order chi connectivity index (χ0) is 15.4. The van der Waals surface area contributed by atoms with Gasteiger partial charge in [0, 0.05) is 22.1 Å². The lowest BCUT2D eigenvalue weighted by molar-refractivity contribution is 0.573. The number of halogens is 2. The van der Waals surface area contributed by atoms with Gasteiger partial charge >= 0.3 is 0 Å². The topological polar surface area (TPSA) is 12.0 Å². The summed E-state index contributed by atoms with van der Waals surface area (Å²) in [6.45, 7) is 7.40. The van der Waals surface area contributed by atoms with E-state index in [0.717, 1.165) is 16.0 Å². The van der Waals surface area contributed by atoms with E-state index in [1.54, 1.807) is 0 Å². The van der Waals surface area contributed by atoms with Crippen LogP contribution in [0.5, 0.6) is 0 Å². The van der Waals surface area contributed by atoms with Gasteiger partial charge in [0.2, 0.25) is 0 Å². The maximum atomic E-state index is 6.05. The summed E-state index contributed by atoms with van der Waals surface area (Å²) in [6, 6.07) is 15.0. The molecule has 112 valence electrons. The number of benzene rings is 2.